The van der Waals surface area contributed by atoms with Gasteiger partial charge in [-0.1, -0.05) is 6.07 Å². The van der Waals surface area contributed by atoms with E-state index in [-0.39, 0.29) is 18.9 Å². The smallest absolute Gasteiger partial charge is 0.339 e. The standard InChI is InChI=1S/C20H21NO7/c1-12(28-20(23)14-5-7-15(24-2)17(9-14)25-3)19(22)21-10-13-4-6-16-18(8-13)27-11-26-16/h4-9,12H,10-11H2,1-3H3,(H,21,22)/t12-/m0/s1. The zero-order valence-corrected chi connectivity index (χ0v) is 15.8. The summed E-state index contributed by atoms with van der Waals surface area (Å²) in [6.07, 6.45) is -0.963. The van der Waals surface area contributed by atoms with Crippen molar-refractivity contribution < 1.29 is 33.3 Å². The number of fused-ring (bicyclic) bond motifs is 1. The first-order valence-electron chi connectivity index (χ1n) is 8.61. The van der Waals surface area contributed by atoms with Gasteiger partial charge in [0, 0.05) is 6.54 Å². The van der Waals surface area contributed by atoms with Crippen molar-refractivity contribution in [2.45, 2.75) is 19.6 Å². The van der Waals surface area contributed by atoms with Gasteiger partial charge in [0.05, 0.1) is 19.8 Å². The number of amides is 1. The molecule has 8 nitrogen and oxygen atoms in total. The molecule has 0 unspecified atom stereocenters. The minimum atomic E-state index is -0.963. The number of esters is 1. The minimum Gasteiger partial charge on any atom is -0.493 e. The van der Waals surface area contributed by atoms with Crippen LogP contribution in [0.5, 0.6) is 23.0 Å². The van der Waals surface area contributed by atoms with Crippen molar-refractivity contribution in [2.24, 2.45) is 0 Å². The fourth-order valence-electron chi connectivity index (χ4n) is 2.63. The van der Waals surface area contributed by atoms with Gasteiger partial charge in [-0.15, -0.1) is 0 Å². The molecule has 0 spiro atoms. The molecule has 0 aliphatic carbocycles. The largest absolute Gasteiger partial charge is 0.493 e. The van der Waals surface area contributed by atoms with Crippen LogP contribution in [-0.4, -0.2) is 39.0 Å². The second-order valence-electron chi connectivity index (χ2n) is 6.02. The third-order valence-corrected chi connectivity index (χ3v) is 4.18. The Bertz CT molecular complexity index is 881. The van der Waals surface area contributed by atoms with E-state index in [9.17, 15) is 9.59 Å². The molecule has 1 aliphatic rings. The number of nitrogens with one attached hydrogen (secondary N) is 1. The summed E-state index contributed by atoms with van der Waals surface area (Å²) in [7, 11) is 2.97. The number of benzene rings is 2. The number of carbonyl (C=O) groups excluding carboxylic acids is 2. The highest BCUT2D eigenvalue weighted by molar-refractivity contribution is 5.92. The van der Waals surface area contributed by atoms with Crippen LogP contribution in [0, 0.1) is 0 Å². The predicted octanol–water partition coefficient (Wildman–Crippen LogP) is 2.29. The summed E-state index contributed by atoms with van der Waals surface area (Å²) < 4.78 is 26.1. The fraction of sp³-hybridized carbons (Fsp3) is 0.300. The minimum absolute atomic E-state index is 0.189. The van der Waals surface area contributed by atoms with Crippen molar-refractivity contribution >= 4 is 11.9 Å². The lowest BCUT2D eigenvalue weighted by Gasteiger charge is -2.14. The molecule has 2 aromatic carbocycles. The van der Waals surface area contributed by atoms with Gasteiger partial charge in [-0.05, 0) is 42.8 Å². The van der Waals surface area contributed by atoms with Crippen LogP contribution < -0.4 is 24.3 Å². The lowest BCUT2D eigenvalue weighted by atomic mass is 10.2. The summed E-state index contributed by atoms with van der Waals surface area (Å²) in [5.74, 6) is 1.16. The van der Waals surface area contributed by atoms with E-state index < -0.39 is 18.0 Å². The van der Waals surface area contributed by atoms with Crippen LogP contribution in [0.25, 0.3) is 0 Å². The molecule has 0 fully saturated rings. The Morgan fingerprint density at radius 2 is 1.79 bits per heavy atom. The molecule has 0 bridgehead atoms. The quantitative estimate of drug-likeness (QED) is 0.729. The van der Waals surface area contributed by atoms with Crippen molar-refractivity contribution in [3.8, 4) is 23.0 Å². The second-order valence-corrected chi connectivity index (χ2v) is 6.02. The maximum atomic E-state index is 12.3. The van der Waals surface area contributed by atoms with E-state index in [1.165, 1.54) is 27.2 Å². The molecule has 28 heavy (non-hydrogen) atoms. The van der Waals surface area contributed by atoms with Crippen molar-refractivity contribution in [1.82, 2.24) is 5.32 Å². The van der Waals surface area contributed by atoms with E-state index in [0.717, 1.165) is 5.56 Å². The van der Waals surface area contributed by atoms with Gasteiger partial charge in [-0.25, -0.2) is 4.79 Å². The number of hydrogen-bond donors (Lipinski definition) is 1. The van der Waals surface area contributed by atoms with Crippen LogP contribution in [-0.2, 0) is 16.1 Å². The summed E-state index contributed by atoms with van der Waals surface area (Å²) in [6.45, 7) is 1.97. The van der Waals surface area contributed by atoms with Gasteiger partial charge in [0.1, 0.15) is 0 Å². The lowest BCUT2D eigenvalue weighted by molar-refractivity contribution is -0.129. The Hall–Kier alpha value is -3.42. The van der Waals surface area contributed by atoms with Crippen molar-refractivity contribution in [3.63, 3.8) is 0 Å². The molecule has 0 saturated heterocycles. The highest BCUT2D eigenvalue weighted by Gasteiger charge is 2.20. The Morgan fingerprint density at radius 1 is 1.04 bits per heavy atom. The van der Waals surface area contributed by atoms with Crippen molar-refractivity contribution in [1.29, 1.82) is 0 Å². The zero-order valence-electron chi connectivity index (χ0n) is 15.8. The molecule has 2 aromatic rings. The SMILES string of the molecule is COc1ccc(C(=O)O[C@@H](C)C(=O)NCc2ccc3c(c2)OCO3)cc1OC. The molecule has 1 amide bonds. The third-order valence-electron chi connectivity index (χ3n) is 4.18. The van der Waals surface area contributed by atoms with Crippen LogP contribution >= 0.6 is 0 Å². The van der Waals surface area contributed by atoms with E-state index in [1.807, 2.05) is 6.07 Å². The summed E-state index contributed by atoms with van der Waals surface area (Å²) in [4.78, 5) is 24.6. The van der Waals surface area contributed by atoms with Gasteiger partial charge >= 0.3 is 5.97 Å². The van der Waals surface area contributed by atoms with Gasteiger partial charge in [-0.3, -0.25) is 4.79 Å². The molecule has 0 aromatic heterocycles. The highest BCUT2D eigenvalue weighted by atomic mass is 16.7. The Kier molecular flexibility index (Phi) is 5.88. The molecule has 1 N–H and O–H groups in total. The molecule has 148 valence electrons. The van der Waals surface area contributed by atoms with E-state index in [2.05, 4.69) is 5.32 Å². The summed E-state index contributed by atoms with van der Waals surface area (Å²) in [5.41, 5.74) is 1.10. The average Bonchev–Trinajstić information content (AvgIpc) is 3.19. The molecule has 1 heterocycles. The molecular formula is C20H21NO7. The Balaban J connectivity index is 1.55. The van der Waals surface area contributed by atoms with E-state index in [0.29, 0.717) is 23.0 Å². The van der Waals surface area contributed by atoms with Crippen LogP contribution in [0.1, 0.15) is 22.8 Å². The molecule has 3 rings (SSSR count). The van der Waals surface area contributed by atoms with Crippen molar-refractivity contribution in [3.05, 3.63) is 47.5 Å². The monoisotopic (exact) mass is 387 g/mol. The first-order chi connectivity index (χ1) is 13.5. The molecule has 1 aliphatic heterocycles. The van der Waals surface area contributed by atoms with Gasteiger partial charge in [0.25, 0.3) is 5.91 Å². The number of methoxy groups -OCH3 is 2. The topological polar surface area (TPSA) is 92.3 Å². The van der Waals surface area contributed by atoms with Crippen LogP contribution in [0.4, 0.5) is 0 Å². The first kappa shape index (κ1) is 19.3. The molecule has 1 atom stereocenters. The number of ether oxygens (including phenoxy) is 5. The molecule has 8 heteroatoms. The zero-order chi connectivity index (χ0) is 20.1. The lowest BCUT2D eigenvalue weighted by Crippen LogP contribution is -2.35. The van der Waals surface area contributed by atoms with E-state index in [4.69, 9.17) is 23.7 Å². The number of hydrogen-bond acceptors (Lipinski definition) is 7. The summed E-state index contributed by atoms with van der Waals surface area (Å²) >= 11 is 0. The first-order valence-corrected chi connectivity index (χ1v) is 8.61. The maximum Gasteiger partial charge on any atom is 0.339 e. The third kappa shape index (κ3) is 4.28. The number of carbonyl (C=O) groups is 2. The second kappa shape index (κ2) is 8.51. The van der Waals surface area contributed by atoms with Crippen LogP contribution in [0.2, 0.25) is 0 Å². The Morgan fingerprint density at radius 3 is 2.54 bits per heavy atom. The normalized spacial score (nSPS) is 12.8. The molecular weight excluding hydrogens is 366 g/mol. The van der Waals surface area contributed by atoms with E-state index in [1.54, 1.807) is 24.3 Å². The fourth-order valence-corrected chi connectivity index (χ4v) is 2.63. The van der Waals surface area contributed by atoms with Gasteiger partial charge in [0.2, 0.25) is 6.79 Å². The average molecular weight is 387 g/mol. The van der Waals surface area contributed by atoms with Gasteiger partial charge in [-0.2, -0.15) is 0 Å². The van der Waals surface area contributed by atoms with E-state index >= 15 is 0 Å². The Labute approximate surface area is 162 Å². The number of rotatable bonds is 7. The molecule has 0 radical (unpaired) electrons. The van der Waals surface area contributed by atoms with Crippen LogP contribution in [0.3, 0.4) is 0 Å². The van der Waals surface area contributed by atoms with Crippen LogP contribution in [0.15, 0.2) is 36.4 Å². The maximum absolute atomic E-state index is 12.3. The van der Waals surface area contributed by atoms with Crippen molar-refractivity contribution in [2.75, 3.05) is 21.0 Å². The van der Waals surface area contributed by atoms with Gasteiger partial charge < -0.3 is 29.0 Å². The molecule has 0 saturated carbocycles. The summed E-state index contributed by atoms with van der Waals surface area (Å²) in [5, 5.41) is 2.73. The summed E-state index contributed by atoms with van der Waals surface area (Å²) in [6, 6.07) is 10.0. The predicted molar refractivity (Wildman–Crippen MR) is 98.8 cm³/mol. The van der Waals surface area contributed by atoms with Gasteiger partial charge in [0.15, 0.2) is 29.1 Å². The highest BCUT2D eigenvalue weighted by Crippen LogP contribution is 2.32.